The lowest BCUT2D eigenvalue weighted by Crippen LogP contribution is -2.45. The standard InChI is InChI=1S/C20H25N3O5/c24-18-13-23(20(25)26)8-7-17(18)19-21-11-16(12-22-19)28-10-4-9-27-14-15-5-2-1-3-6-15/h1-3,5-6,11-12,17-18,24H,4,7-10,13-14H2,(H,25,26). The van der Waals surface area contributed by atoms with Gasteiger partial charge in [0.15, 0.2) is 5.75 Å². The Labute approximate surface area is 163 Å². The van der Waals surface area contributed by atoms with E-state index < -0.39 is 12.2 Å². The average Bonchev–Trinajstić information content (AvgIpc) is 2.72. The highest BCUT2D eigenvalue weighted by molar-refractivity contribution is 5.65. The number of hydrogen-bond donors (Lipinski definition) is 2. The fraction of sp³-hybridized carbons (Fsp3) is 0.450. The Morgan fingerprint density at radius 2 is 1.93 bits per heavy atom. The van der Waals surface area contributed by atoms with Gasteiger partial charge in [-0.05, 0) is 12.0 Å². The molecule has 1 amide bonds. The maximum Gasteiger partial charge on any atom is 0.407 e. The highest BCUT2D eigenvalue weighted by Crippen LogP contribution is 2.26. The monoisotopic (exact) mass is 387 g/mol. The van der Waals surface area contributed by atoms with E-state index in [1.165, 1.54) is 4.90 Å². The second-order valence-corrected chi connectivity index (χ2v) is 6.71. The minimum Gasteiger partial charge on any atom is -0.490 e. The molecule has 2 aromatic rings. The lowest BCUT2D eigenvalue weighted by Gasteiger charge is -2.33. The van der Waals surface area contributed by atoms with E-state index in [-0.39, 0.29) is 12.5 Å². The van der Waals surface area contributed by atoms with Crippen molar-refractivity contribution < 1.29 is 24.5 Å². The summed E-state index contributed by atoms with van der Waals surface area (Å²) in [7, 11) is 0. The first-order valence-electron chi connectivity index (χ1n) is 9.36. The molecule has 1 aromatic heterocycles. The lowest BCUT2D eigenvalue weighted by molar-refractivity contribution is 0.0481. The van der Waals surface area contributed by atoms with E-state index in [0.29, 0.717) is 44.4 Å². The molecule has 1 aromatic carbocycles. The predicted octanol–water partition coefficient (Wildman–Crippen LogP) is 2.29. The van der Waals surface area contributed by atoms with Gasteiger partial charge in [0.25, 0.3) is 0 Å². The van der Waals surface area contributed by atoms with Gasteiger partial charge in [-0.3, -0.25) is 0 Å². The quantitative estimate of drug-likeness (QED) is 0.670. The van der Waals surface area contributed by atoms with Crippen LogP contribution >= 0.6 is 0 Å². The summed E-state index contributed by atoms with van der Waals surface area (Å²) in [4.78, 5) is 20.8. The van der Waals surface area contributed by atoms with Crippen LogP contribution in [0.1, 0.15) is 30.1 Å². The molecule has 2 heterocycles. The van der Waals surface area contributed by atoms with Gasteiger partial charge in [0, 0.05) is 18.9 Å². The Kier molecular flexibility index (Phi) is 7.16. The first kappa shape index (κ1) is 20.0. The van der Waals surface area contributed by atoms with Crippen LogP contribution < -0.4 is 4.74 Å². The van der Waals surface area contributed by atoms with Gasteiger partial charge in [0.05, 0.1) is 44.9 Å². The Morgan fingerprint density at radius 1 is 1.18 bits per heavy atom. The first-order chi connectivity index (χ1) is 13.6. The fourth-order valence-corrected chi connectivity index (χ4v) is 3.11. The number of aliphatic hydroxyl groups is 1. The minimum atomic E-state index is -1.02. The van der Waals surface area contributed by atoms with E-state index in [0.717, 1.165) is 12.0 Å². The number of β-amino-alcohol motifs (C(OH)–C–C–N with tert-alkyl or cyclic N) is 1. The summed E-state index contributed by atoms with van der Waals surface area (Å²) in [5.41, 5.74) is 1.14. The summed E-state index contributed by atoms with van der Waals surface area (Å²) in [5, 5.41) is 19.2. The van der Waals surface area contributed by atoms with Crippen LogP contribution in [-0.2, 0) is 11.3 Å². The highest BCUT2D eigenvalue weighted by Gasteiger charge is 2.32. The molecule has 28 heavy (non-hydrogen) atoms. The molecule has 2 atom stereocenters. The second kappa shape index (κ2) is 10.0. The molecule has 0 saturated carbocycles. The number of aliphatic hydroxyl groups excluding tert-OH is 1. The minimum absolute atomic E-state index is 0.0740. The predicted molar refractivity (Wildman–Crippen MR) is 101 cm³/mol. The summed E-state index contributed by atoms with van der Waals surface area (Å²) in [6, 6.07) is 10.00. The molecule has 1 aliphatic heterocycles. The number of amides is 1. The molecule has 0 aliphatic carbocycles. The van der Waals surface area contributed by atoms with Gasteiger partial charge in [0.2, 0.25) is 0 Å². The van der Waals surface area contributed by atoms with Gasteiger partial charge in [-0.2, -0.15) is 0 Å². The van der Waals surface area contributed by atoms with Crippen molar-refractivity contribution in [2.75, 3.05) is 26.3 Å². The number of carbonyl (C=O) groups is 1. The number of aromatic nitrogens is 2. The van der Waals surface area contributed by atoms with E-state index in [2.05, 4.69) is 9.97 Å². The number of hydrogen-bond acceptors (Lipinski definition) is 6. The van der Waals surface area contributed by atoms with Crippen molar-refractivity contribution in [2.24, 2.45) is 0 Å². The van der Waals surface area contributed by atoms with E-state index in [4.69, 9.17) is 14.6 Å². The van der Waals surface area contributed by atoms with Crippen molar-refractivity contribution in [3.8, 4) is 5.75 Å². The first-order valence-corrected chi connectivity index (χ1v) is 9.36. The zero-order chi connectivity index (χ0) is 19.8. The molecular weight excluding hydrogens is 362 g/mol. The Hall–Kier alpha value is -2.71. The number of benzene rings is 1. The zero-order valence-electron chi connectivity index (χ0n) is 15.6. The molecular formula is C20H25N3O5. The van der Waals surface area contributed by atoms with Gasteiger partial charge in [-0.25, -0.2) is 14.8 Å². The van der Waals surface area contributed by atoms with Crippen LogP contribution in [0.2, 0.25) is 0 Å². The number of piperidine rings is 1. The smallest absolute Gasteiger partial charge is 0.407 e. The molecule has 0 spiro atoms. The molecule has 8 heteroatoms. The summed E-state index contributed by atoms with van der Waals surface area (Å²) < 4.78 is 11.2. The van der Waals surface area contributed by atoms with Crippen molar-refractivity contribution in [1.29, 1.82) is 0 Å². The third-order valence-corrected chi connectivity index (χ3v) is 4.65. The SMILES string of the molecule is O=C(O)N1CCC(c2ncc(OCCCOCc3ccccc3)cn2)C(O)C1. The third kappa shape index (κ3) is 5.64. The van der Waals surface area contributed by atoms with Crippen LogP contribution in [0.4, 0.5) is 4.79 Å². The summed E-state index contributed by atoms with van der Waals surface area (Å²) in [6.07, 6.45) is 2.59. The van der Waals surface area contributed by atoms with Crippen molar-refractivity contribution in [3.05, 3.63) is 54.1 Å². The van der Waals surface area contributed by atoms with Crippen molar-refractivity contribution >= 4 is 6.09 Å². The normalized spacial score (nSPS) is 19.4. The maximum atomic E-state index is 11.0. The molecule has 0 radical (unpaired) electrons. The Morgan fingerprint density at radius 3 is 2.61 bits per heavy atom. The summed E-state index contributed by atoms with van der Waals surface area (Å²) in [5.74, 6) is 0.802. The van der Waals surface area contributed by atoms with Gasteiger partial charge >= 0.3 is 6.09 Å². The number of rotatable bonds is 8. The molecule has 150 valence electrons. The van der Waals surface area contributed by atoms with Gasteiger partial charge < -0.3 is 24.6 Å². The van der Waals surface area contributed by atoms with Crippen LogP contribution in [0.25, 0.3) is 0 Å². The van der Waals surface area contributed by atoms with E-state index in [1.807, 2.05) is 30.3 Å². The van der Waals surface area contributed by atoms with Gasteiger partial charge in [-0.1, -0.05) is 30.3 Å². The van der Waals surface area contributed by atoms with Crippen LogP contribution in [0.5, 0.6) is 5.75 Å². The molecule has 1 saturated heterocycles. The van der Waals surface area contributed by atoms with Crippen molar-refractivity contribution in [3.63, 3.8) is 0 Å². The number of carboxylic acid groups (broad SMARTS) is 1. The highest BCUT2D eigenvalue weighted by atomic mass is 16.5. The molecule has 1 fully saturated rings. The largest absolute Gasteiger partial charge is 0.490 e. The number of ether oxygens (including phenoxy) is 2. The topological polar surface area (TPSA) is 105 Å². The fourth-order valence-electron chi connectivity index (χ4n) is 3.11. The van der Waals surface area contributed by atoms with Crippen LogP contribution in [0, 0.1) is 0 Å². The van der Waals surface area contributed by atoms with Crippen molar-refractivity contribution in [2.45, 2.75) is 31.5 Å². The van der Waals surface area contributed by atoms with Crippen molar-refractivity contribution in [1.82, 2.24) is 14.9 Å². The Balaban J connectivity index is 1.37. The molecule has 3 rings (SSSR count). The number of likely N-dealkylation sites (tertiary alicyclic amines) is 1. The number of nitrogens with zero attached hydrogens (tertiary/aromatic N) is 3. The lowest BCUT2D eigenvalue weighted by atomic mass is 9.93. The average molecular weight is 387 g/mol. The van der Waals surface area contributed by atoms with Crippen LogP contribution in [0.15, 0.2) is 42.7 Å². The molecule has 2 unspecified atom stereocenters. The van der Waals surface area contributed by atoms with E-state index in [1.54, 1.807) is 12.4 Å². The molecule has 1 aliphatic rings. The zero-order valence-corrected chi connectivity index (χ0v) is 15.6. The maximum absolute atomic E-state index is 11.0. The summed E-state index contributed by atoms with van der Waals surface area (Å²) >= 11 is 0. The Bertz CT molecular complexity index is 741. The van der Waals surface area contributed by atoms with E-state index >= 15 is 0 Å². The third-order valence-electron chi connectivity index (χ3n) is 4.65. The summed E-state index contributed by atoms with van der Waals surface area (Å²) in [6.45, 7) is 2.12. The van der Waals surface area contributed by atoms with Gasteiger partial charge in [-0.15, -0.1) is 0 Å². The second-order valence-electron chi connectivity index (χ2n) is 6.71. The van der Waals surface area contributed by atoms with Crippen LogP contribution in [-0.4, -0.2) is 63.6 Å². The molecule has 2 N–H and O–H groups in total. The molecule has 8 nitrogen and oxygen atoms in total. The van der Waals surface area contributed by atoms with Crippen LogP contribution in [0.3, 0.4) is 0 Å². The van der Waals surface area contributed by atoms with E-state index in [9.17, 15) is 9.90 Å². The molecule has 0 bridgehead atoms. The van der Waals surface area contributed by atoms with Gasteiger partial charge in [0.1, 0.15) is 5.82 Å².